The van der Waals surface area contributed by atoms with Crippen molar-refractivity contribution in [1.82, 2.24) is 14.5 Å². The SMILES string of the molecule is CCOC(=O)N1CCC(n2c(SCc3ccc([N+](=O)[O-])cc3)nc3ccsc3c2=O)CC1. The van der Waals surface area contributed by atoms with E-state index in [1.165, 1.54) is 35.2 Å². The number of nitro benzene ring substituents is 1. The van der Waals surface area contributed by atoms with Crippen LogP contribution < -0.4 is 5.56 Å². The number of ether oxygens (including phenoxy) is 1. The number of benzene rings is 1. The number of thiophene rings is 1. The van der Waals surface area contributed by atoms with Crippen molar-refractivity contribution in [2.75, 3.05) is 19.7 Å². The molecular weight excluding hydrogens is 452 g/mol. The largest absolute Gasteiger partial charge is 0.450 e. The average Bonchev–Trinajstić information content (AvgIpc) is 3.27. The molecule has 0 atom stereocenters. The quantitative estimate of drug-likeness (QED) is 0.225. The van der Waals surface area contributed by atoms with Crippen LogP contribution in [0.25, 0.3) is 10.2 Å². The number of nitrogens with zero attached hydrogens (tertiary/aromatic N) is 4. The molecule has 0 N–H and O–H groups in total. The molecule has 1 saturated heterocycles. The van der Waals surface area contributed by atoms with Crippen LogP contribution in [0, 0.1) is 10.1 Å². The number of nitro groups is 1. The predicted octanol–water partition coefficient (Wildman–Crippen LogP) is 4.45. The summed E-state index contributed by atoms with van der Waals surface area (Å²) in [5, 5.41) is 13.3. The number of carbonyl (C=O) groups excluding carboxylic acids is 1. The second kappa shape index (κ2) is 9.70. The lowest BCUT2D eigenvalue weighted by Crippen LogP contribution is -2.41. The highest BCUT2D eigenvalue weighted by atomic mass is 32.2. The second-order valence-corrected chi connectivity index (χ2v) is 9.19. The van der Waals surface area contributed by atoms with E-state index in [1.54, 1.807) is 28.5 Å². The molecule has 9 nitrogen and oxygen atoms in total. The van der Waals surface area contributed by atoms with Crippen molar-refractivity contribution in [2.45, 2.75) is 36.7 Å². The Morgan fingerprint density at radius 1 is 1.28 bits per heavy atom. The summed E-state index contributed by atoms with van der Waals surface area (Å²) in [4.78, 5) is 42.2. The fraction of sp³-hybridized carbons (Fsp3) is 0.381. The zero-order chi connectivity index (χ0) is 22.7. The number of hydrogen-bond donors (Lipinski definition) is 0. The number of fused-ring (bicyclic) bond motifs is 1. The highest BCUT2D eigenvalue weighted by Crippen LogP contribution is 2.30. The van der Waals surface area contributed by atoms with Gasteiger partial charge in [-0.1, -0.05) is 23.9 Å². The zero-order valence-electron chi connectivity index (χ0n) is 17.4. The molecule has 0 bridgehead atoms. The van der Waals surface area contributed by atoms with E-state index in [2.05, 4.69) is 0 Å². The molecule has 3 aromatic rings. The molecule has 0 aliphatic carbocycles. The third kappa shape index (κ3) is 4.63. The summed E-state index contributed by atoms with van der Waals surface area (Å²) >= 11 is 2.82. The average molecular weight is 475 g/mol. The van der Waals surface area contributed by atoms with E-state index in [0.717, 1.165) is 5.56 Å². The van der Waals surface area contributed by atoms with Crippen molar-refractivity contribution >= 4 is 45.1 Å². The molecule has 11 heteroatoms. The summed E-state index contributed by atoms with van der Waals surface area (Å²) < 4.78 is 7.47. The van der Waals surface area contributed by atoms with Crippen LogP contribution in [0.3, 0.4) is 0 Å². The normalized spacial score (nSPS) is 14.6. The first-order chi connectivity index (χ1) is 15.5. The van der Waals surface area contributed by atoms with Crippen molar-refractivity contribution in [1.29, 1.82) is 0 Å². The standard InChI is InChI=1S/C21H22N4O5S2/c1-2-30-21(27)23-10-7-15(8-11-23)24-19(26)18-17(9-12-31-18)22-20(24)32-13-14-3-5-16(6-4-14)25(28)29/h3-6,9,12,15H,2,7-8,10-11,13H2,1H3. The van der Waals surface area contributed by atoms with Gasteiger partial charge in [-0.2, -0.15) is 0 Å². The lowest BCUT2D eigenvalue weighted by molar-refractivity contribution is -0.384. The van der Waals surface area contributed by atoms with E-state index in [-0.39, 0.29) is 23.4 Å². The van der Waals surface area contributed by atoms with Crippen LogP contribution in [0.2, 0.25) is 0 Å². The minimum atomic E-state index is -0.427. The molecule has 168 valence electrons. The number of likely N-dealkylation sites (tertiary alicyclic amines) is 1. The maximum Gasteiger partial charge on any atom is 0.409 e. The van der Waals surface area contributed by atoms with Gasteiger partial charge in [-0.05, 0) is 36.8 Å². The molecule has 1 fully saturated rings. The van der Waals surface area contributed by atoms with Gasteiger partial charge < -0.3 is 9.64 Å². The van der Waals surface area contributed by atoms with Crippen LogP contribution in [0.5, 0.6) is 0 Å². The molecule has 0 saturated carbocycles. The Hall–Kier alpha value is -2.92. The molecule has 0 unspecified atom stereocenters. The summed E-state index contributed by atoms with van der Waals surface area (Å²) in [6.07, 6.45) is 0.961. The third-order valence-corrected chi connectivity index (χ3v) is 7.27. The highest BCUT2D eigenvalue weighted by molar-refractivity contribution is 7.98. The minimum absolute atomic E-state index is 0.0434. The van der Waals surface area contributed by atoms with Crippen LogP contribution in [0.4, 0.5) is 10.5 Å². The lowest BCUT2D eigenvalue weighted by atomic mass is 10.1. The predicted molar refractivity (Wildman–Crippen MR) is 123 cm³/mol. The summed E-state index contributed by atoms with van der Waals surface area (Å²) in [6.45, 7) is 3.15. The molecule has 0 spiro atoms. The summed E-state index contributed by atoms with van der Waals surface area (Å²) in [7, 11) is 0. The molecule has 0 radical (unpaired) electrons. The van der Waals surface area contributed by atoms with Crippen molar-refractivity contribution in [3.8, 4) is 0 Å². The molecule has 1 aliphatic heterocycles. The highest BCUT2D eigenvalue weighted by Gasteiger charge is 2.28. The molecule has 32 heavy (non-hydrogen) atoms. The van der Waals surface area contributed by atoms with E-state index < -0.39 is 4.92 Å². The first-order valence-corrected chi connectivity index (χ1v) is 12.1. The van der Waals surface area contributed by atoms with Gasteiger partial charge in [-0.3, -0.25) is 19.5 Å². The molecule has 4 rings (SSSR count). The first kappa shape index (κ1) is 22.3. The Morgan fingerprint density at radius 3 is 2.66 bits per heavy atom. The minimum Gasteiger partial charge on any atom is -0.450 e. The Bertz CT molecular complexity index is 1180. The van der Waals surface area contributed by atoms with Gasteiger partial charge in [0, 0.05) is 37.0 Å². The number of thioether (sulfide) groups is 1. The van der Waals surface area contributed by atoms with Gasteiger partial charge >= 0.3 is 6.09 Å². The Morgan fingerprint density at radius 2 is 2.00 bits per heavy atom. The number of piperidine rings is 1. The van der Waals surface area contributed by atoms with Crippen molar-refractivity contribution in [2.24, 2.45) is 0 Å². The molecule has 1 amide bonds. The summed E-state index contributed by atoms with van der Waals surface area (Å²) in [6, 6.07) is 8.16. The van der Waals surface area contributed by atoms with E-state index in [1.807, 2.05) is 11.4 Å². The number of hydrogen-bond acceptors (Lipinski definition) is 8. The fourth-order valence-electron chi connectivity index (χ4n) is 3.71. The van der Waals surface area contributed by atoms with Crippen LogP contribution in [0.1, 0.15) is 31.4 Å². The smallest absolute Gasteiger partial charge is 0.409 e. The molecule has 1 aliphatic rings. The summed E-state index contributed by atoms with van der Waals surface area (Å²) in [5.41, 5.74) is 1.56. The molecular formula is C21H22N4O5S2. The van der Waals surface area contributed by atoms with Gasteiger partial charge in [-0.15, -0.1) is 11.3 Å². The maximum atomic E-state index is 13.3. The fourth-order valence-corrected chi connectivity index (χ4v) is 5.50. The van der Waals surface area contributed by atoms with E-state index >= 15 is 0 Å². The Kier molecular flexibility index (Phi) is 6.75. The van der Waals surface area contributed by atoms with Gasteiger partial charge in [0.15, 0.2) is 5.16 Å². The second-order valence-electron chi connectivity index (χ2n) is 7.33. The molecule has 1 aromatic carbocycles. The monoisotopic (exact) mass is 474 g/mol. The lowest BCUT2D eigenvalue weighted by Gasteiger charge is -2.32. The number of aromatic nitrogens is 2. The Labute approximate surface area is 192 Å². The van der Waals surface area contributed by atoms with Gasteiger partial charge in [0.05, 0.1) is 17.0 Å². The Balaban J connectivity index is 1.57. The zero-order valence-corrected chi connectivity index (χ0v) is 19.1. The van der Waals surface area contributed by atoms with E-state index in [0.29, 0.717) is 53.7 Å². The maximum absolute atomic E-state index is 13.3. The summed E-state index contributed by atoms with van der Waals surface area (Å²) in [5.74, 6) is 0.530. The first-order valence-electron chi connectivity index (χ1n) is 10.3. The van der Waals surface area contributed by atoms with Crippen molar-refractivity contribution < 1.29 is 14.5 Å². The van der Waals surface area contributed by atoms with Crippen LogP contribution in [0.15, 0.2) is 45.7 Å². The van der Waals surface area contributed by atoms with Gasteiger partial charge in [0.25, 0.3) is 11.2 Å². The van der Waals surface area contributed by atoms with Gasteiger partial charge in [-0.25, -0.2) is 9.78 Å². The molecule has 2 aromatic heterocycles. The van der Waals surface area contributed by atoms with Gasteiger partial charge in [0.1, 0.15) is 4.70 Å². The van der Waals surface area contributed by atoms with Crippen LogP contribution in [-0.4, -0.2) is 45.2 Å². The van der Waals surface area contributed by atoms with E-state index in [4.69, 9.17) is 9.72 Å². The van der Waals surface area contributed by atoms with E-state index in [9.17, 15) is 19.7 Å². The van der Waals surface area contributed by atoms with Gasteiger partial charge in [0.2, 0.25) is 0 Å². The number of non-ortho nitro benzene ring substituents is 1. The topological polar surface area (TPSA) is 108 Å². The number of rotatable bonds is 6. The van der Waals surface area contributed by atoms with Crippen LogP contribution in [-0.2, 0) is 10.5 Å². The number of carbonyl (C=O) groups is 1. The van der Waals surface area contributed by atoms with Crippen molar-refractivity contribution in [3.05, 3.63) is 61.7 Å². The molecule has 3 heterocycles. The number of amides is 1. The van der Waals surface area contributed by atoms with Crippen molar-refractivity contribution in [3.63, 3.8) is 0 Å². The third-order valence-electron chi connectivity index (χ3n) is 5.35. The van der Waals surface area contributed by atoms with Crippen LogP contribution >= 0.6 is 23.1 Å².